The van der Waals surface area contributed by atoms with Gasteiger partial charge < -0.3 is 5.32 Å². The number of rotatable bonds is 1. The summed E-state index contributed by atoms with van der Waals surface area (Å²) in [6, 6.07) is 1.09. The highest BCUT2D eigenvalue weighted by Gasteiger charge is 2.28. The second kappa shape index (κ2) is 5.02. The number of hydrogen-bond acceptors (Lipinski definition) is 4. The average molecular weight is 246 g/mol. The highest BCUT2D eigenvalue weighted by molar-refractivity contribution is 7.91. The second-order valence-corrected chi connectivity index (χ2v) is 7.37. The van der Waals surface area contributed by atoms with Gasteiger partial charge in [0.2, 0.25) is 0 Å². The summed E-state index contributed by atoms with van der Waals surface area (Å²) in [7, 11) is -2.72. The van der Waals surface area contributed by atoms with E-state index in [1.165, 1.54) is 6.42 Å². The van der Waals surface area contributed by atoms with Crippen LogP contribution in [0.4, 0.5) is 0 Å². The maximum atomic E-state index is 11.4. The summed E-state index contributed by atoms with van der Waals surface area (Å²) in [4.78, 5) is 2.48. The molecule has 94 valence electrons. The van der Waals surface area contributed by atoms with Crippen LogP contribution in [-0.4, -0.2) is 56.5 Å². The van der Waals surface area contributed by atoms with E-state index in [0.717, 1.165) is 32.5 Å². The van der Waals surface area contributed by atoms with Crippen molar-refractivity contribution in [1.29, 1.82) is 0 Å². The van der Waals surface area contributed by atoms with E-state index in [4.69, 9.17) is 0 Å². The molecule has 5 heteroatoms. The van der Waals surface area contributed by atoms with Crippen LogP contribution in [0.1, 0.15) is 26.2 Å². The summed E-state index contributed by atoms with van der Waals surface area (Å²) < 4.78 is 22.7. The van der Waals surface area contributed by atoms with Gasteiger partial charge in [0.25, 0.3) is 0 Å². The van der Waals surface area contributed by atoms with Crippen LogP contribution in [0.5, 0.6) is 0 Å². The Labute approximate surface area is 98.3 Å². The Balaban J connectivity index is 1.88. The van der Waals surface area contributed by atoms with Gasteiger partial charge in [-0.15, -0.1) is 0 Å². The van der Waals surface area contributed by atoms with E-state index in [1.54, 1.807) is 0 Å². The topological polar surface area (TPSA) is 49.4 Å². The fourth-order valence-corrected chi connectivity index (χ4v) is 4.10. The molecule has 2 heterocycles. The normalized spacial score (nSPS) is 33.4. The van der Waals surface area contributed by atoms with E-state index in [2.05, 4.69) is 17.1 Å². The van der Waals surface area contributed by atoms with Gasteiger partial charge in [-0.1, -0.05) is 0 Å². The summed E-state index contributed by atoms with van der Waals surface area (Å²) in [6.45, 7) is 5.42. The Bertz CT molecular complexity index is 315. The Morgan fingerprint density at radius 2 is 1.81 bits per heavy atom. The fourth-order valence-electron chi connectivity index (χ4n) is 2.64. The lowest BCUT2D eigenvalue weighted by Crippen LogP contribution is -2.42. The zero-order valence-electron chi connectivity index (χ0n) is 9.98. The zero-order chi connectivity index (χ0) is 11.6. The summed E-state index contributed by atoms with van der Waals surface area (Å²) in [5, 5.41) is 3.47. The van der Waals surface area contributed by atoms with Crippen molar-refractivity contribution in [3.8, 4) is 0 Å². The van der Waals surface area contributed by atoms with Gasteiger partial charge in [0.15, 0.2) is 0 Å². The van der Waals surface area contributed by atoms with Crippen molar-refractivity contribution in [2.75, 3.05) is 31.1 Å². The first kappa shape index (κ1) is 12.3. The molecular formula is C11H22N2O2S. The molecule has 0 radical (unpaired) electrons. The molecule has 1 atom stereocenters. The van der Waals surface area contributed by atoms with Crippen molar-refractivity contribution in [2.45, 2.75) is 38.3 Å². The summed E-state index contributed by atoms with van der Waals surface area (Å²) in [6.07, 6.45) is 2.83. The quantitative estimate of drug-likeness (QED) is 0.720. The van der Waals surface area contributed by atoms with Crippen LogP contribution in [-0.2, 0) is 9.84 Å². The molecule has 2 saturated heterocycles. The van der Waals surface area contributed by atoms with Gasteiger partial charge in [0, 0.05) is 25.2 Å². The number of sulfone groups is 1. The molecule has 1 unspecified atom stereocenters. The molecule has 0 spiro atoms. The monoisotopic (exact) mass is 246 g/mol. The maximum Gasteiger partial charge on any atom is 0.150 e. The third-order valence-corrected chi connectivity index (χ3v) is 5.50. The SMILES string of the molecule is CC1CCN(C2CCS(=O)(=O)CC2)CCN1. The van der Waals surface area contributed by atoms with E-state index in [9.17, 15) is 8.42 Å². The third-order valence-electron chi connectivity index (χ3n) is 3.78. The van der Waals surface area contributed by atoms with Crippen LogP contribution in [0.15, 0.2) is 0 Å². The summed E-state index contributed by atoms with van der Waals surface area (Å²) in [5.41, 5.74) is 0. The van der Waals surface area contributed by atoms with Crippen LogP contribution in [0.2, 0.25) is 0 Å². The van der Waals surface area contributed by atoms with Crippen molar-refractivity contribution >= 4 is 9.84 Å². The van der Waals surface area contributed by atoms with Crippen molar-refractivity contribution < 1.29 is 8.42 Å². The number of nitrogens with one attached hydrogen (secondary N) is 1. The minimum atomic E-state index is -2.72. The van der Waals surface area contributed by atoms with Gasteiger partial charge in [-0.05, 0) is 32.7 Å². The van der Waals surface area contributed by atoms with Gasteiger partial charge >= 0.3 is 0 Å². The Hall–Kier alpha value is -0.130. The van der Waals surface area contributed by atoms with E-state index in [-0.39, 0.29) is 0 Å². The second-order valence-electron chi connectivity index (χ2n) is 5.06. The first-order valence-corrected chi connectivity index (χ1v) is 8.07. The molecule has 2 aliphatic heterocycles. The number of hydrogen-bond donors (Lipinski definition) is 1. The standard InChI is InChI=1S/C11H22N2O2S/c1-10-2-6-13(7-5-12-10)11-3-8-16(14,15)9-4-11/h10-12H,2-9H2,1H3. The van der Waals surface area contributed by atoms with Crippen LogP contribution in [0.3, 0.4) is 0 Å². The van der Waals surface area contributed by atoms with E-state index >= 15 is 0 Å². The van der Waals surface area contributed by atoms with E-state index < -0.39 is 9.84 Å². The van der Waals surface area contributed by atoms with Gasteiger partial charge in [-0.25, -0.2) is 8.42 Å². The van der Waals surface area contributed by atoms with Crippen LogP contribution in [0, 0.1) is 0 Å². The summed E-state index contributed by atoms with van der Waals surface area (Å²) >= 11 is 0. The van der Waals surface area contributed by atoms with Crippen LogP contribution in [0.25, 0.3) is 0 Å². The molecule has 0 aromatic carbocycles. The minimum Gasteiger partial charge on any atom is -0.313 e. The first-order chi connectivity index (χ1) is 7.57. The van der Waals surface area contributed by atoms with E-state index in [1.807, 2.05) is 0 Å². The van der Waals surface area contributed by atoms with Gasteiger partial charge in [-0.3, -0.25) is 4.90 Å². The van der Waals surface area contributed by atoms with Gasteiger partial charge in [0.05, 0.1) is 11.5 Å². The van der Waals surface area contributed by atoms with Crippen molar-refractivity contribution in [3.63, 3.8) is 0 Å². The molecule has 0 amide bonds. The molecule has 0 bridgehead atoms. The number of nitrogens with zero attached hydrogens (tertiary/aromatic N) is 1. The smallest absolute Gasteiger partial charge is 0.150 e. The molecule has 0 saturated carbocycles. The minimum absolute atomic E-state index is 0.386. The van der Waals surface area contributed by atoms with Crippen molar-refractivity contribution in [3.05, 3.63) is 0 Å². The Morgan fingerprint density at radius 1 is 1.12 bits per heavy atom. The zero-order valence-corrected chi connectivity index (χ0v) is 10.8. The molecule has 2 fully saturated rings. The molecule has 0 aromatic heterocycles. The van der Waals surface area contributed by atoms with Gasteiger partial charge in [-0.2, -0.15) is 0 Å². The third kappa shape index (κ3) is 3.18. The van der Waals surface area contributed by atoms with Crippen molar-refractivity contribution in [2.24, 2.45) is 0 Å². The lowest BCUT2D eigenvalue weighted by Gasteiger charge is -2.33. The molecule has 0 aliphatic carbocycles. The molecule has 1 N–H and O–H groups in total. The molecule has 16 heavy (non-hydrogen) atoms. The predicted molar refractivity (Wildman–Crippen MR) is 65.3 cm³/mol. The van der Waals surface area contributed by atoms with Crippen LogP contribution < -0.4 is 5.32 Å². The highest BCUT2D eigenvalue weighted by atomic mass is 32.2. The Morgan fingerprint density at radius 3 is 2.50 bits per heavy atom. The molecule has 0 aromatic rings. The largest absolute Gasteiger partial charge is 0.313 e. The molecular weight excluding hydrogens is 224 g/mol. The van der Waals surface area contributed by atoms with Crippen LogP contribution >= 0.6 is 0 Å². The predicted octanol–water partition coefficient (Wildman–Crippen LogP) is 0.247. The van der Waals surface area contributed by atoms with E-state index in [0.29, 0.717) is 23.6 Å². The average Bonchev–Trinajstić information content (AvgIpc) is 2.43. The lowest BCUT2D eigenvalue weighted by atomic mass is 10.1. The fraction of sp³-hybridized carbons (Fsp3) is 1.00. The molecule has 2 rings (SSSR count). The maximum absolute atomic E-state index is 11.4. The molecule has 4 nitrogen and oxygen atoms in total. The first-order valence-electron chi connectivity index (χ1n) is 6.25. The highest BCUT2D eigenvalue weighted by Crippen LogP contribution is 2.19. The van der Waals surface area contributed by atoms with Crippen molar-refractivity contribution in [1.82, 2.24) is 10.2 Å². The summed E-state index contributed by atoms with van der Waals surface area (Å²) in [5.74, 6) is 0.772. The Kier molecular flexibility index (Phi) is 3.87. The lowest BCUT2D eigenvalue weighted by molar-refractivity contribution is 0.194. The van der Waals surface area contributed by atoms with Gasteiger partial charge in [0.1, 0.15) is 9.84 Å². The molecule has 2 aliphatic rings.